The van der Waals surface area contributed by atoms with Gasteiger partial charge in [0.15, 0.2) is 0 Å². The molecule has 4 fully saturated rings. The Morgan fingerprint density at radius 2 is 1.80 bits per heavy atom. The van der Waals surface area contributed by atoms with Crippen LogP contribution in [0.4, 0.5) is 5.69 Å². The number of hydrogen-bond donors (Lipinski definition) is 1. The average Bonchev–Trinajstić information content (AvgIpc) is 3.62. The van der Waals surface area contributed by atoms with Crippen molar-refractivity contribution < 1.29 is 29.0 Å². The number of aliphatic hydroxyl groups excluding tert-OH is 1. The molecule has 40 heavy (non-hydrogen) atoms. The van der Waals surface area contributed by atoms with Crippen molar-refractivity contribution in [1.29, 1.82) is 0 Å². The number of anilines is 1. The number of likely N-dealkylation sites (tertiary alicyclic amines) is 1. The van der Waals surface area contributed by atoms with E-state index in [2.05, 4.69) is 18.1 Å². The Morgan fingerprint density at radius 3 is 2.48 bits per heavy atom. The molecule has 1 aromatic rings. The number of morpholine rings is 1. The van der Waals surface area contributed by atoms with Gasteiger partial charge in [0.05, 0.1) is 37.8 Å². The smallest absolute Gasteiger partial charge is 0.248 e. The van der Waals surface area contributed by atoms with E-state index in [0.29, 0.717) is 45.7 Å². The summed E-state index contributed by atoms with van der Waals surface area (Å²) in [6.45, 7) is 12.1. The lowest BCUT2D eigenvalue weighted by Gasteiger charge is -2.37. The van der Waals surface area contributed by atoms with Crippen LogP contribution in [0.5, 0.6) is 0 Å². The summed E-state index contributed by atoms with van der Waals surface area (Å²) in [5.41, 5.74) is -0.390. The number of carbonyl (C=O) groups is 3. The lowest BCUT2D eigenvalue weighted by Crippen LogP contribution is -2.57. The van der Waals surface area contributed by atoms with Crippen molar-refractivity contribution in [1.82, 2.24) is 14.7 Å². The summed E-state index contributed by atoms with van der Waals surface area (Å²) in [6.07, 6.45) is 3.99. The third kappa shape index (κ3) is 4.98. The van der Waals surface area contributed by atoms with Crippen molar-refractivity contribution in [2.75, 3.05) is 70.5 Å². The highest BCUT2D eigenvalue weighted by molar-refractivity contribution is 6.03. The molecule has 4 aliphatic rings. The zero-order valence-corrected chi connectivity index (χ0v) is 23.0. The minimum atomic E-state index is -1.11. The molecule has 216 valence electrons. The van der Waals surface area contributed by atoms with Crippen LogP contribution in [0.1, 0.15) is 12.8 Å². The Hall–Kier alpha value is -3.05. The molecule has 2 unspecified atom stereocenters. The summed E-state index contributed by atoms with van der Waals surface area (Å²) < 4.78 is 12.0. The van der Waals surface area contributed by atoms with Crippen molar-refractivity contribution in [3.05, 3.63) is 55.6 Å². The number of β-amino-alcohol motifs (C(OH)–C–C–N with tert-alkyl or cyclic N) is 1. The lowest BCUT2D eigenvalue weighted by molar-refractivity contribution is -0.148. The number of benzene rings is 1. The summed E-state index contributed by atoms with van der Waals surface area (Å²) in [6, 6.07) is 8.41. The first kappa shape index (κ1) is 28.5. The molecule has 1 spiro atoms. The highest BCUT2D eigenvalue weighted by Crippen LogP contribution is 2.59. The van der Waals surface area contributed by atoms with Crippen molar-refractivity contribution in [3.63, 3.8) is 0 Å². The molecule has 3 amide bonds. The molecule has 4 heterocycles. The Kier molecular flexibility index (Phi) is 8.70. The van der Waals surface area contributed by atoms with Gasteiger partial charge in [-0.2, -0.15) is 0 Å². The third-order valence-electron chi connectivity index (χ3n) is 8.76. The van der Waals surface area contributed by atoms with Crippen LogP contribution in [-0.4, -0.2) is 121 Å². The van der Waals surface area contributed by atoms with Crippen molar-refractivity contribution in [3.8, 4) is 0 Å². The molecule has 0 aromatic heterocycles. The molecule has 5 atom stereocenters. The first-order valence-electron chi connectivity index (χ1n) is 14.2. The van der Waals surface area contributed by atoms with Gasteiger partial charge in [-0.25, -0.2) is 0 Å². The number of amides is 3. The van der Waals surface area contributed by atoms with Gasteiger partial charge in [0.1, 0.15) is 11.6 Å². The predicted molar refractivity (Wildman–Crippen MR) is 149 cm³/mol. The summed E-state index contributed by atoms with van der Waals surface area (Å²) in [4.78, 5) is 49.5. The van der Waals surface area contributed by atoms with Gasteiger partial charge >= 0.3 is 0 Å². The summed E-state index contributed by atoms with van der Waals surface area (Å²) >= 11 is 0. The molecule has 0 saturated carbocycles. The van der Waals surface area contributed by atoms with Gasteiger partial charge in [-0.05, 0) is 25.0 Å². The van der Waals surface area contributed by atoms with Gasteiger partial charge in [0.25, 0.3) is 0 Å². The van der Waals surface area contributed by atoms with Gasteiger partial charge in [-0.15, -0.1) is 13.2 Å². The first-order chi connectivity index (χ1) is 19.5. The molecule has 0 aliphatic carbocycles. The fourth-order valence-electron chi connectivity index (χ4n) is 7.01. The second-order valence-electron chi connectivity index (χ2n) is 10.9. The van der Waals surface area contributed by atoms with Crippen LogP contribution in [0, 0.1) is 11.8 Å². The maximum Gasteiger partial charge on any atom is 0.248 e. The molecule has 0 radical (unpaired) electrons. The van der Waals surface area contributed by atoms with Crippen LogP contribution in [0.3, 0.4) is 0 Å². The standard InChI is InChI=1S/C30H40N4O6/c1-3-12-32(15-14-31-17-20-39-21-18-31)29(38)26-30-11-10-23(40-30)24(25(30)28(37)34(26)16-19-35)27(36)33(13-4-2)22-8-6-5-7-9-22/h3-9,23-26,35H,1-2,10-21H2/t23-,24+,25+,26?,30?/m1/s1. The van der Waals surface area contributed by atoms with Crippen molar-refractivity contribution in [2.24, 2.45) is 11.8 Å². The van der Waals surface area contributed by atoms with Crippen LogP contribution < -0.4 is 4.90 Å². The molecule has 1 aromatic carbocycles. The normalized spacial score (nSPS) is 29.3. The van der Waals surface area contributed by atoms with Crippen LogP contribution >= 0.6 is 0 Å². The van der Waals surface area contributed by atoms with Crippen LogP contribution in [-0.2, 0) is 23.9 Å². The van der Waals surface area contributed by atoms with E-state index in [-0.39, 0.29) is 37.4 Å². The quantitative estimate of drug-likeness (QED) is 0.385. The highest BCUT2D eigenvalue weighted by atomic mass is 16.5. The number of carbonyl (C=O) groups excluding carboxylic acids is 3. The molecule has 1 N–H and O–H groups in total. The Bertz CT molecular complexity index is 1110. The number of rotatable bonds is 12. The van der Waals surface area contributed by atoms with E-state index >= 15 is 0 Å². The second kappa shape index (κ2) is 12.2. The van der Waals surface area contributed by atoms with E-state index in [1.807, 2.05) is 30.3 Å². The van der Waals surface area contributed by atoms with E-state index in [0.717, 1.165) is 18.8 Å². The monoisotopic (exact) mass is 552 g/mol. The van der Waals surface area contributed by atoms with Crippen LogP contribution in [0.2, 0.25) is 0 Å². The first-order valence-corrected chi connectivity index (χ1v) is 14.2. The number of ether oxygens (including phenoxy) is 2. The zero-order valence-electron chi connectivity index (χ0n) is 23.0. The number of para-hydroxylation sites is 1. The van der Waals surface area contributed by atoms with Crippen molar-refractivity contribution in [2.45, 2.75) is 30.6 Å². The molecule has 10 heteroatoms. The van der Waals surface area contributed by atoms with Gasteiger partial charge in [0, 0.05) is 51.5 Å². The molecule has 10 nitrogen and oxygen atoms in total. The largest absolute Gasteiger partial charge is 0.395 e. The zero-order chi connectivity index (χ0) is 28.3. The van der Waals surface area contributed by atoms with Gasteiger partial charge in [-0.1, -0.05) is 30.4 Å². The van der Waals surface area contributed by atoms with E-state index in [9.17, 15) is 19.5 Å². The Balaban J connectivity index is 1.44. The minimum Gasteiger partial charge on any atom is -0.395 e. The number of fused-ring (bicyclic) bond motifs is 1. The average molecular weight is 553 g/mol. The van der Waals surface area contributed by atoms with E-state index in [4.69, 9.17) is 9.47 Å². The van der Waals surface area contributed by atoms with Gasteiger partial charge in [-0.3, -0.25) is 19.3 Å². The SMILES string of the molecule is C=CCN(CCN1CCOCC1)C(=O)C1N(CCO)C(=O)[C@@H]2[C@@H](C(=O)N(CC=C)c3ccccc3)[C@H]3CCC12O3. The number of aliphatic hydroxyl groups is 1. The molecule has 4 saturated heterocycles. The van der Waals surface area contributed by atoms with Crippen LogP contribution in [0.25, 0.3) is 0 Å². The Labute approximate surface area is 235 Å². The molecular formula is C30H40N4O6. The Morgan fingerprint density at radius 1 is 1.07 bits per heavy atom. The molecule has 4 aliphatic heterocycles. The second-order valence-corrected chi connectivity index (χ2v) is 10.9. The number of nitrogens with zero attached hydrogens (tertiary/aromatic N) is 4. The van der Waals surface area contributed by atoms with E-state index < -0.39 is 29.6 Å². The highest BCUT2D eigenvalue weighted by Gasteiger charge is 2.74. The van der Waals surface area contributed by atoms with Gasteiger partial charge < -0.3 is 29.3 Å². The molecule has 5 rings (SSSR count). The van der Waals surface area contributed by atoms with Crippen molar-refractivity contribution >= 4 is 23.4 Å². The minimum absolute atomic E-state index is 0.00285. The van der Waals surface area contributed by atoms with E-state index in [1.165, 1.54) is 4.90 Å². The lowest BCUT2D eigenvalue weighted by atomic mass is 9.70. The van der Waals surface area contributed by atoms with Gasteiger partial charge in [0.2, 0.25) is 17.7 Å². The predicted octanol–water partition coefficient (Wildman–Crippen LogP) is 0.919. The third-order valence-corrected chi connectivity index (χ3v) is 8.76. The summed E-state index contributed by atoms with van der Waals surface area (Å²) in [5.74, 6) is -2.24. The summed E-state index contributed by atoms with van der Waals surface area (Å²) in [7, 11) is 0. The molecule has 2 bridgehead atoms. The maximum absolute atomic E-state index is 14.3. The fourth-order valence-corrected chi connectivity index (χ4v) is 7.01. The maximum atomic E-state index is 14.3. The number of hydrogen-bond acceptors (Lipinski definition) is 7. The topological polar surface area (TPSA) is 103 Å². The van der Waals surface area contributed by atoms with Crippen LogP contribution in [0.15, 0.2) is 55.6 Å². The van der Waals surface area contributed by atoms with E-state index in [1.54, 1.807) is 22.0 Å². The molecular weight excluding hydrogens is 512 g/mol. The fraction of sp³-hybridized carbons (Fsp3) is 0.567. The summed E-state index contributed by atoms with van der Waals surface area (Å²) in [5, 5.41) is 9.89.